The van der Waals surface area contributed by atoms with Crippen LogP contribution in [0.5, 0.6) is 0 Å². The van der Waals surface area contributed by atoms with Gasteiger partial charge in [0.2, 0.25) is 0 Å². The van der Waals surface area contributed by atoms with Crippen molar-refractivity contribution >= 4 is 34.1 Å². The van der Waals surface area contributed by atoms with Crippen LogP contribution in [0.3, 0.4) is 0 Å². The van der Waals surface area contributed by atoms with Crippen LogP contribution in [-0.4, -0.2) is 4.98 Å². The molecule has 1 aromatic heterocycles. The smallest absolute Gasteiger partial charge is 0.0732 e. The first-order valence-electron chi connectivity index (χ1n) is 5.96. The molecule has 0 spiro atoms. The van der Waals surface area contributed by atoms with E-state index in [4.69, 9.17) is 23.2 Å². The average Bonchev–Trinajstić information content (AvgIpc) is 2.40. The van der Waals surface area contributed by atoms with E-state index in [9.17, 15) is 0 Å². The van der Waals surface area contributed by atoms with E-state index in [1.54, 1.807) is 6.20 Å². The highest BCUT2D eigenvalue weighted by atomic mass is 35.5. The van der Waals surface area contributed by atoms with E-state index in [-0.39, 0.29) is 0 Å². The van der Waals surface area contributed by atoms with Gasteiger partial charge in [-0.15, -0.1) is 0 Å². The average molecular weight is 288 g/mol. The van der Waals surface area contributed by atoms with Gasteiger partial charge in [0.1, 0.15) is 0 Å². The summed E-state index contributed by atoms with van der Waals surface area (Å²) in [6.45, 7) is 2.06. The predicted octanol–water partition coefficient (Wildman–Crippen LogP) is 5.52. The van der Waals surface area contributed by atoms with Gasteiger partial charge in [0.15, 0.2) is 0 Å². The van der Waals surface area contributed by atoms with Crippen LogP contribution in [0.15, 0.2) is 48.7 Å². The summed E-state index contributed by atoms with van der Waals surface area (Å²) in [5.41, 5.74) is 4.05. The Morgan fingerprint density at radius 2 is 1.68 bits per heavy atom. The molecule has 0 saturated carbocycles. The van der Waals surface area contributed by atoms with Crippen molar-refractivity contribution in [2.75, 3.05) is 0 Å². The van der Waals surface area contributed by atoms with Crippen molar-refractivity contribution < 1.29 is 0 Å². The van der Waals surface area contributed by atoms with Gasteiger partial charge in [0.25, 0.3) is 0 Å². The van der Waals surface area contributed by atoms with Crippen molar-refractivity contribution in [1.82, 2.24) is 4.98 Å². The summed E-state index contributed by atoms with van der Waals surface area (Å²) in [5.74, 6) is 0. The molecule has 0 amide bonds. The van der Waals surface area contributed by atoms with E-state index >= 15 is 0 Å². The Labute approximate surface area is 121 Å². The summed E-state index contributed by atoms with van der Waals surface area (Å²) in [7, 11) is 0. The lowest BCUT2D eigenvalue weighted by molar-refractivity contribution is 1.40. The number of rotatable bonds is 1. The first-order valence-corrected chi connectivity index (χ1v) is 6.71. The maximum atomic E-state index is 6.49. The standard InChI is InChI=1S/C16H11Cl2N/c1-10-2-4-11(5-3-10)14-9-19-15-8-12(17)6-7-13(15)16(14)18/h2-9H,1H3. The summed E-state index contributed by atoms with van der Waals surface area (Å²) in [6, 6.07) is 13.8. The number of halogens is 2. The van der Waals surface area contributed by atoms with Crippen molar-refractivity contribution in [1.29, 1.82) is 0 Å². The van der Waals surface area contributed by atoms with E-state index in [1.807, 2.05) is 18.2 Å². The number of aryl methyl sites for hydroxylation is 1. The van der Waals surface area contributed by atoms with Gasteiger partial charge in [-0.1, -0.05) is 53.0 Å². The van der Waals surface area contributed by atoms with Crippen molar-refractivity contribution in [3.05, 3.63) is 64.3 Å². The van der Waals surface area contributed by atoms with Crippen LogP contribution in [0.2, 0.25) is 10.0 Å². The number of pyridine rings is 1. The second-order valence-corrected chi connectivity index (χ2v) is 5.33. The number of fused-ring (bicyclic) bond motifs is 1. The van der Waals surface area contributed by atoms with Crippen molar-refractivity contribution in [2.45, 2.75) is 6.92 Å². The van der Waals surface area contributed by atoms with E-state index in [2.05, 4.69) is 36.2 Å². The number of aromatic nitrogens is 1. The molecule has 0 bridgehead atoms. The molecule has 2 aromatic carbocycles. The van der Waals surface area contributed by atoms with Gasteiger partial charge >= 0.3 is 0 Å². The molecule has 0 radical (unpaired) electrons. The fraction of sp³-hybridized carbons (Fsp3) is 0.0625. The third-order valence-corrected chi connectivity index (χ3v) is 3.77. The molecule has 3 rings (SSSR count). The summed E-state index contributed by atoms with van der Waals surface area (Å²) in [6.07, 6.45) is 1.80. The van der Waals surface area contributed by atoms with Gasteiger partial charge < -0.3 is 0 Å². The van der Waals surface area contributed by atoms with Crippen LogP contribution in [0, 0.1) is 6.92 Å². The van der Waals surface area contributed by atoms with Crippen LogP contribution in [-0.2, 0) is 0 Å². The number of hydrogen-bond acceptors (Lipinski definition) is 1. The summed E-state index contributed by atoms with van der Waals surface area (Å²) in [4.78, 5) is 4.43. The Morgan fingerprint density at radius 1 is 0.947 bits per heavy atom. The number of benzene rings is 2. The normalized spacial score (nSPS) is 10.9. The van der Waals surface area contributed by atoms with E-state index in [0.717, 1.165) is 22.0 Å². The minimum atomic E-state index is 0.666. The molecule has 94 valence electrons. The maximum Gasteiger partial charge on any atom is 0.0732 e. The third-order valence-electron chi connectivity index (χ3n) is 3.13. The van der Waals surface area contributed by atoms with Crippen molar-refractivity contribution in [2.24, 2.45) is 0 Å². The maximum absolute atomic E-state index is 6.49. The largest absolute Gasteiger partial charge is 0.255 e. The van der Waals surface area contributed by atoms with E-state index in [1.165, 1.54) is 5.56 Å². The second kappa shape index (κ2) is 4.84. The highest BCUT2D eigenvalue weighted by molar-refractivity contribution is 6.38. The number of nitrogens with zero attached hydrogens (tertiary/aromatic N) is 1. The van der Waals surface area contributed by atoms with Gasteiger partial charge in [0.05, 0.1) is 10.5 Å². The molecule has 0 fully saturated rings. The van der Waals surface area contributed by atoms with Gasteiger partial charge in [-0.2, -0.15) is 0 Å². The quantitative estimate of drug-likeness (QED) is 0.574. The molecule has 0 N–H and O–H groups in total. The third kappa shape index (κ3) is 2.32. The molecule has 0 aliphatic rings. The Morgan fingerprint density at radius 3 is 2.42 bits per heavy atom. The summed E-state index contributed by atoms with van der Waals surface area (Å²) < 4.78 is 0. The fourth-order valence-corrected chi connectivity index (χ4v) is 2.55. The van der Waals surface area contributed by atoms with E-state index < -0.39 is 0 Å². The Bertz CT molecular complexity index is 749. The van der Waals surface area contributed by atoms with Crippen molar-refractivity contribution in [3.63, 3.8) is 0 Å². The molecule has 3 aromatic rings. The van der Waals surface area contributed by atoms with Gasteiger partial charge in [-0.3, -0.25) is 4.98 Å². The number of hydrogen-bond donors (Lipinski definition) is 0. The van der Waals surface area contributed by atoms with E-state index in [0.29, 0.717) is 10.0 Å². The summed E-state index contributed by atoms with van der Waals surface area (Å²) in [5, 5.41) is 2.30. The van der Waals surface area contributed by atoms with Crippen LogP contribution >= 0.6 is 23.2 Å². The van der Waals surface area contributed by atoms with Crippen LogP contribution in [0.4, 0.5) is 0 Å². The highest BCUT2D eigenvalue weighted by Crippen LogP contribution is 2.33. The lowest BCUT2D eigenvalue weighted by Gasteiger charge is -2.08. The topological polar surface area (TPSA) is 12.9 Å². The Hall–Kier alpha value is -1.57. The Kier molecular flexibility index (Phi) is 3.17. The molecule has 0 unspecified atom stereocenters. The molecular formula is C16H11Cl2N. The highest BCUT2D eigenvalue weighted by Gasteiger charge is 2.09. The Balaban J connectivity index is 2.22. The molecule has 1 heterocycles. The minimum absolute atomic E-state index is 0.666. The van der Waals surface area contributed by atoms with Gasteiger partial charge in [0, 0.05) is 22.2 Å². The first-order chi connectivity index (χ1) is 9.15. The molecule has 0 atom stereocenters. The minimum Gasteiger partial charge on any atom is -0.255 e. The predicted molar refractivity (Wildman–Crippen MR) is 81.9 cm³/mol. The lowest BCUT2D eigenvalue weighted by atomic mass is 10.0. The fourth-order valence-electron chi connectivity index (χ4n) is 2.07. The zero-order chi connectivity index (χ0) is 13.4. The second-order valence-electron chi connectivity index (χ2n) is 4.51. The van der Waals surface area contributed by atoms with Gasteiger partial charge in [-0.25, -0.2) is 0 Å². The molecule has 19 heavy (non-hydrogen) atoms. The molecule has 0 aliphatic heterocycles. The monoisotopic (exact) mass is 287 g/mol. The van der Waals surface area contributed by atoms with Crippen LogP contribution < -0.4 is 0 Å². The molecule has 0 saturated heterocycles. The molecular weight excluding hydrogens is 277 g/mol. The first kappa shape index (κ1) is 12.5. The zero-order valence-corrected chi connectivity index (χ0v) is 11.8. The molecule has 3 heteroatoms. The summed E-state index contributed by atoms with van der Waals surface area (Å²) >= 11 is 12.4. The van der Waals surface area contributed by atoms with Gasteiger partial charge in [-0.05, 0) is 30.7 Å². The lowest BCUT2D eigenvalue weighted by Crippen LogP contribution is -1.86. The van der Waals surface area contributed by atoms with Crippen molar-refractivity contribution in [3.8, 4) is 11.1 Å². The van der Waals surface area contributed by atoms with Crippen LogP contribution in [0.1, 0.15) is 5.56 Å². The van der Waals surface area contributed by atoms with Crippen LogP contribution in [0.25, 0.3) is 22.0 Å². The molecule has 1 nitrogen and oxygen atoms in total. The molecule has 0 aliphatic carbocycles. The SMILES string of the molecule is Cc1ccc(-c2cnc3cc(Cl)ccc3c2Cl)cc1. The zero-order valence-electron chi connectivity index (χ0n) is 10.3.